The molecule has 0 amide bonds. The molecule has 672 valence electrons. The SMILES string of the molecule is C[n+]1c2ccccc2nc2ccccc21.C[n+]1c2ccccc2nc2ccccc21.C[n+]1c2ccccc2nc2ccccc21.C[n+]1c2ccccc2nc2ccccc21.C[n+]1c2ccccc2nc2ccccc21.C[n+]1c2ccccc2nc2ccccc21.C[n+]1c2ccccc2nc2ccccc21.C[n+]1c2ccccc2nc2ccccc21.[O-]B([O-])F.[O-]B([O-])F.[O-]B([O-])F.[O-]B([O-])F. The Morgan fingerprint density at radius 3 is 0.243 bits per heavy atom. The first-order valence-electron chi connectivity index (χ1n) is 42.7. The van der Waals surface area contributed by atoms with Crippen molar-refractivity contribution in [3.8, 4) is 0 Å². The van der Waals surface area contributed by atoms with Crippen molar-refractivity contribution in [2.24, 2.45) is 56.4 Å². The predicted molar refractivity (Wildman–Crippen MR) is 511 cm³/mol. The van der Waals surface area contributed by atoms with Gasteiger partial charge in [-0.2, -0.15) is 36.5 Å². The molecule has 0 saturated carbocycles. The Hall–Kier alpha value is -16.0. The van der Waals surface area contributed by atoms with Crippen LogP contribution in [0.5, 0.6) is 0 Å². The zero-order valence-electron chi connectivity index (χ0n) is 75.2. The van der Waals surface area contributed by atoms with Gasteiger partial charge < -0.3 is 57.5 Å². The normalized spacial score (nSPS) is 10.5. The largest absolute Gasteiger partial charge is 0.867 e. The van der Waals surface area contributed by atoms with Crippen molar-refractivity contribution in [2.75, 3.05) is 0 Å². The summed E-state index contributed by atoms with van der Waals surface area (Å²) in [4.78, 5) is 36.9. The van der Waals surface area contributed by atoms with Gasteiger partial charge in [0.25, 0.3) is 0 Å². The third kappa shape index (κ3) is 24.6. The lowest BCUT2D eigenvalue weighted by molar-refractivity contribution is -0.618. The highest BCUT2D eigenvalue weighted by Gasteiger charge is 2.19. The molecular formula is C104H88B4F4N16O8. The van der Waals surface area contributed by atoms with Crippen molar-refractivity contribution in [1.82, 2.24) is 39.9 Å². The highest BCUT2D eigenvalue weighted by molar-refractivity contribution is 6.28. The second kappa shape index (κ2) is 46.9. The summed E-state index contributed by atoms with van der Waals surface area (Å²) >= 11 is 0. The molecule has 0 fully saturated rings. The quantitative estimate of drug-likeness (QED) is 0.0596. The first-order valence-corrected chi connectivity index (χ1v) is 42.7. The molecular weight excluding hydrogens is 1720 g/mol. The van der Waals surface area contributed by atoms with Crippen molar-refractivity contribution in [3.05, 3.63) is 388 Å². The van der Waals surface area contributed by atoms with Crippen molar-refractivity contribution in [1.29, 1.82) is 0 Å². The molecule has 0 atom stereocenters. The molecule has 0 aliphatic rings. The smallest absolute Gasteiger partial charge is 0.231 e. The summed E-state index contributed by atoms with van der Waals surface area (Å²) in [5.41, 5.74) is 35.3. The van der Waals surface area contributed by atoms with Gasteiger partial charge in [0.15, 0.2) is 0 Å². The van der Waals surface area contributed by atoms with Gasteiger partial charge in [0, 0.05) is 97.1 Å². The lowest BCUT2D eigenvalue weighted by Gasteiger charge is -2.09. The number of rotatable bonds is 0. The van der Waals surface area contributed by atoms with Crippen LogP contribution in [-0.4, -0.2) is 69.5 Å². The molecule has 0 N–H and O–H groups in total. The number of para-hydroxylation sites is 32. The number of benzene rings is 16. The molecule has 8 aromatic heterocycles. The minimum Gasteiger partial charge on any atom is -0.867 e. The van der Waals surface area contributed by atoms with Crippen LogP contribution in [0.2, 0.25) is 0 Å². The molecule has 0 unspecified atom stereocenters. The molecule has 0 spiro atoms. The van der Waals surface area contributed by atoms with E-state index in [4.69, 9.17) is 40.2 Å². The summed E-state index contributed by atoms with van der Waals surface area (Å²) in [5.74, 6) is 0. The predicted octanol–water partition coefficient (Wildman–Crippen LogP) is 8.35. The zero-order valence-corrected chi connectivity index (χ0v) is 75.2. The van der Waals surface area contributed by atoms with Crippen LogP contribution in [0.3, 0.4) is 0 Å². The van der Waals surface area contributed by atoms with E-state index >= 15 is 0 Å². The Morgan fingerprint density at radius 1 is 0.132 bits per heavy atom. The minimum absolute atomic E-state index is 1.04. The zero-order chi connectivity index (χ0) is 96.3. The highest BCUT2D eigenvalue weighted by atomic mass is 19.1. The van der Waals surface area contributed by atoms with E-state index in [0.717, 1.165) is 177 Å². The Bertz CT molecular complexity index is 6430. The van der Waals surface area contributed by atoms with Crippen molar-refractivity contribution in [2.45, 2.75) is 0 Å². The van der Waals surface area contributed by atoms with Gasteiger partial charge in [-0.25, -0.2) is 39.9 Å². The number of halogens is 4. The summed E-state index contributed by atoms with van der Waals surface area (Å²) < 4.78 is 57.0. The molecule has 0 radical (unpaired) electrons. The second-order valence-electron chi connectivity index (χ2n) is 30.3. The maximum Gasteiger partial charge on any atom is 0.231 e. The standard InChI is InChI=1S/8C13H11N2.4BFO2/c8*1-15-12-8-4-2-6-10(12)14-11-7-3-5-9-13(11)15;4*2-1(3)4/h8*2-9H,1H3;;;;/q8*+1;4*-2. The number of aromatic nitrogens is 16. The van der Waals surface area contributed by atoms with Gasteiger partial charge in [-0.15, -0.1) is 0 Å². The Morgan fingerprint density at radius 2 is 0.184 bits per heavy atom. The molecule has 136 heavy (non-hydrogen) atoms. The van der Waals surface area contributed by atoms with Gasteiger partial charge in [0.05, 0.1) is 0 Å². The van der Waals surface area contributed by atoms with Crippen LogP contribution >= 0.6 is 0 Å². The maximum absolute atomic E-state index is 9.89. The third-order valence-electron chi connectivity index (χ3n) is 21.8. The average molecular weight is 1810 g/mol. The van der Waals surface area contributed by atoms with Gasteiger partial charge >= 0.3 is 0 Å². The van der Waals surface area contributed by atoms with Gasteiger partial charge in [0.2, 0.25) is 88.3 Å². The van der Waals surface area contributed by atoms with Crippen LogP contribution in [0.4, 0.5) is 17.3 Å². The molecule has 24 rings (SSSR count). The fraction of sp³-hybridized carbons (Fsp3) is 0.0769. The van der Waals surface area contributed by atoms with E-state index in [0.29, 0.717) is 0 Å². The number of aryl methyl sites for hydroxylation is 8. The second-order valence-corrected chi connectivity index (χ2v) is 30.3. The maximum atomic E-state index is 9.89. The fourth-order valence-corrected chi connectivity index (χ4v) is 15.6. The molecule has 32 heteroatoms. The van der Waals surface area contributed by atoms with Crippen LogP contribution < -0.4 is 76.7 Å². The average Bonchev–Trinajstić information content (AvgIpc) is 0.830. The molecule has 0 aliphatic carbocycles. The van der Waals surface area contributed by atoms with E-state index in [2.05, 4.69) is 230 Å². The molecule has 16 aromatic carbocycles. The Balaban J connectivity index is 0.000000128. The molecule has 0 bridgehead atoms. The Labute approximate surface area is 780 Å². The number of hydrogen-bond acceptors (Lipinski definition) is 16. The van der Waals surface area contributed by atoms with Crippen molar-refractivity contribution >= 4 is 206 Å². The first kappa shape index (κ1) is 97.5. The lowest BCUT2D eigenvalue weighted by Crippen LogP contribution is -2.39. The lowest BCUT2D eigenvalue weighted by atomic mass is 10.2. The summed E-state index contributed by atoms with van der Waals surface area (Å²) in [6.07, 6.45) is 0. The topological polar surface area (TPSA) is 319 Å². The van der Waals surface area contributed by atoms with E-state index < -0.39 is 29.6 Å². The number of hydrogen-bond donors (Lipinski definition) is 0. The molecule has 24 nitrogen and oxygen atoms in total. The van der Waals surface area contributed by atoms with Crippen LogP contribution in [-0.2, 0) is 56.4 Å². The molecule has 8 heterocycles. The van der Waals surface area contributed by atoms with Gasteiger partial charge in [0.1, 0.15) is 174 Å². The monoisotopic (exact) mass is 1810 g/mol. The van der Waals surface area contributed by atoms with Crippen molar-refractivity contribution < 1.29 is 94.0 Å². The summed E-state index contributed by atoms with van der Waals surface area (Å²) in [6.45, 7) is 0. The summed E-state index contributed by atoms with van der Waals surface area (Å²) in [7, 11) is 3.94. The van der Waals surface area contributed by atoms with Crippen molar-refractivity contribution in [3.63, 3.8) is 0 Å². The van der Waals surface area contributed by atoms with Crippen LogP contribution in [0.25, 0.3) is 177 Å². The number of fused-ring (bicyclic) bond motifs is 16. The van der Waals surface area contributed by atoms with Crippen LogP contribution in [0, 0.1) is 0 Å². The van der Waals surface area contributed by atoms with Gasteiger partial charge in [-0.1, -0.05) is 194 Å². The van der Waals surface area contributed by atoms with E-state index in [1.165, 1.54) is 0 Å². The molecule has 0 saturated heterocycles. The summed E-state index contributed by atoms with van der Waals surface area (Å²) in [6, 6.07) is 131. The van der Waals surface area contributed by atoms with Gasteiger partial charge in [-0.3, -0.25) is 0 Å². The fourth-order valence-electron chi connectivity index (χ4n) is 15.6. The van der Waals surface area contributed by atoms with E-state index in [1.54, 1.807) is 0 Å². The first-order chi connectivity index (χ1) is 65.8. The van der Waals surface area contributed by atoms with Crippen LogP contribution in [0.1, 0.15) is 0 Å². The molecule has 24 aromatic rings. The van der Waals surface area contributed by atoms with Crippen LogP contribution in [0.15, 0.2) is 388 Å². The number of nitrogens with zero attached hydrogens (tertiary/aromatic N) is 16. The molecule has 0 aliphatic heterocycles. The third-order valence-corrected chi connectivity index (χ3v) is 21.8. The van der Waals surface area contributed by atoms with E-state index in [-0.39, 0.29) is 0 Å². The minimum atomic E-state index is -3.17. The van der Waals surface area contributed by atoms with E-state index in [1.807, 2.05) is 291 Å². The van der Waals surface area contributed by atoms with E-state index in [9.17, 15) is 17.3 Å². The van der Waals surface area contributed by atoms with Gasteiger partial charge in [-0.05, 0) is 97.1 Å². The Kier molecular flexibility index (Phi) is 33.6. The highest BCUT2D eigenvalue weighted by Crippen LogP contribution is 2.22. The summed E-state index contributed by atoms with van der Waals surface area (Å²) in [5, 5.41) is 66.4.